The summed E-state index contributed by atoms with van der Waals surface area (Å²) in [6.07, 6.45) is 5.74. The second kappa shape index (κ2) is 7.25. The van der Waals surface area contributed by atoms with E-state index in [1.165, 1.54) is 12.1 Å². The minimum atomic E-state index is -4.06. The summed E-state index contributed by atoms with van der Waals surface area (Å²) in [4.78, 5) is 25.4. The van der Waals surface area contributed by atoms with Gasteiger partial charge < -0.3 is 11.1 Å². The number of hydrogen-bond donors (Lipinski definition) is 3. The topological polar surface area (TPSA) is 118 Å². The van der Waals surface area contributed by atoms with Gasteiger partial charge in [-0.05, 0) is 93.7 Å². The van der Waals surface area contributed by atoms with E-state index in [-0.39, 0.29) is 34.6 Å². The van der Waals surface area contributed by atoms with Crippen LogP contribution in [0.4, 0.5) is 4.39 Å². The molecule has 1 aromatic rings. The summed E-state index contributed by atoms with van der Waals surface area (Å²) in [6.45, 7) is 1.56. The van der Waals surface area contributed by atoms with Gasteiger partial charge in [-0.1, -0.05) is 6.07 Å². The SMILES string of the molecule is Cc1ccc(S(=O)(=O)NC2(C(=O)NC3C4CC5CC3CC(C(N)=O)(C5)C4)CCC2)cc1F. The highest BCUT2D eigenvalue weighted by atomic mass is 32.2. The van der Waals surface area contributed by atoms with Gasteiger partial charge in [-0.25, -0.2) is 12.8 Å². The van der Waals surface area contributed by atoms with Gasteiger partial charge in [0.15, 0.2) is 0 Å². The fraction of sp³-hybridized carbons (Fsp3) is 0.652. The lowest BCUT2D eigenvalue weighted by atomic mass is 9.47. The van der Waals surface area contributed by atoms with E-state index in [9.17, 15) is 22.4 Å². The summed E-state index contributed by atoms with van der Waals surface area (Å²) in [5.74, 6) is -0.284. The van der Waals surface area contributed by atoms with Gasteiger partial charge in [0.25, 0.3) is 0 Å². The van der Waals surface area contributed by atoms with Crippen LogP contribution in [0.15, 0.2) is 23.1 Å². The highest BCUT2D eigenvalue weighted by Crippen LogP contribution is 2.60. The van der Waals surface area contributed by atoms with E-state index in [1.54, 1.807) is 6.92 Å². The average molecular weight is 464 g/mol. The molecule has 174 valence electrons. The Balaban J connectivity index is 1.34. The van der Waals surface area contributed by atoms with Crippen molar-refractivity contribution in [2.24, 2.45) is 28.9 Å². The molecule has 1 aromatic carbocycles. The monoisotopic (exact) mass is 463 g/mol. The highest BCUT2D eigenvalue weighted by molar-refractivity contribution is 7.89. The first kappa shape index (κ1) is 21.8. The number of carbonyl (C=O) groups is 2. The second-order valence-corrected chi connectivity index (χ2v) is 12.2. The molecule has 0 spiro atoms. The van der Waals surface area contributed by atoms with Crippen molar-refractivity contribution >= 4 is 21.8 Å². The maximum atomic E-state index is 14.0. The minimum absolute atomic E-state index is 0.0645. The molecule has 4 N–H and O–H groups in total. The number of halogens is 1. The summed E-state index contributed by atoms with van der Waals surface area (Å²) < 4.78 is 42.4. The first-order chi connectivity index (χ1) is 15.0. The minimum Gasteiger partial charge on any atom is -0.369 e. The van der Waals surface area contributed by atoms with Crippen LogP contribution in [0.2, 0.25) is 0 Å². The van der Waals surface area contributed by atoms with E-state index in [1.807, 2.05) is 0 Å². The van der Waals surface area contributed by atoms with Gasteiger partial charge in [0.1, 0.15) is 11.4 Å². The number of nitrogens with one attached hydrogen (secondary N) is 2. The van der Waals surface area contributed by atoms with Gasteiger partial charge in [-0.15, -0.1) is 0 Å². The average Bonchev–Trinajstić information content (AvgIpc) is 2.68. The number of rotatable bonds is 6. The number of nitrogens with two attached hydrogens (primary N) is 1. The Kier molecular flexibility index (Phi) is 4.94. The Bertz CT molecular complexity index is 1070. The van der Waals surface area contributed by atoms with Crippen LogP contribution in [0.5, 0.6) is 0 Å². The first-order valence-electron chi connectivity index (χ1n) is 11.4. The molecule has 5 saturated carbocycles. The number of sulfonamides is 1. The largest absolute Gasteiger partial charge is 0.369 e. The lowest BCUT2D eigenvalue weighted by Crippen LogP contribution is -2.68. The lowest BCUT2D eigenvalue weighted by molar-refractivity contribution is -0.149. The van der Waals surface area contributed by atoms with E-state index >= 15 is 0 Å². The molecule has 5 aliphatic carbocycles. The van der Waals surface area contributed by atoms with E-state index in [2.05, 4.69) is 10.0 Å². The summed E-state index contributed by atoms with van der Waals surface area (Å²) >= 11 is 0. The third-order valence-electron chi connectivity index (χ3n) is 8.52. The molecule has 2 unspecified atom stereocenters. The predicted molar refractivity (Wildman–Crippen MR) is 115 cm³/mol. The third kappa shape index (κ3) is 3.36. The molecule has 0 aliphatic heterocycles. The number of amides is 2. The Morgan fingerprint density at radius 2 is 1.78 bits per heavy atom. The van der Waals surface area contributed by atoms with Gasteiger partial charge >= 0.3 is 0 Å². The summed E-state index contributed by atoms with van der Waals surface area (Å²) in [7, 11) is -4.06. The van der Waals surface area contributed by atoms with E-state index in [0.717, 1.165) is 31.7 Å². The number of carbonyl (C=O) groups excluding carboxylic acids is 2. The molecule has 0 heterocycles. The van der Waals surface area contributed by atoms with Gasteiger partial charge in [-0.3, -0.25) is 9.59 Å². The third-order valence-corrected chi connectivity index (χ3v) is 10.1. The van der Waals surface area contributed by atoms with Gasteiger partial charge in [-0.2, -0.15) is 4.72 Å². The molecule has 9 heteroatoms. The Hall–Kier alpha value is -2.00. The van der Waals surface area contributed by atoms with Crippen molar-refractivity contribution < 1.29 is 22.4 Å². The van der Waals surface area contributed by atoms with Crippen molar-refractivity contribution in [3.8, 4) is 0 Å². The van der Waals surface area contributed by atoms with Crippen LogP contribution in [0, 0.1) is 35.9 Å². The van der Waals surface area contributed by atoms with Crippen molar-refractivity contribution in [3.63, 3.8) is 0 Å². The zero-order valence-electron chi connectivity index (χ0n) is 18.2. The Morgan fingerprint density at radius 1 is 1.12 bits per heavy atom. The maximum absolute atomic E-state index is 14.0. The van der Waals surface area contributed by atoms with Crippen LogP contribution >= 0.6 is 0 Å². The van der Waals surface area contributed by atoms with Crippen LogP contribution in [0.1, 0.15) is 56.9 Å². The summed E-state index contributed by atoms with van der Waals surface area (Å²) in [6, 6.07) is 3.70. The quantitative estimate of drug-likeness (QED) is 0.599. The molecule has 2 atom stereocenters. The molecule has 6 rings (SSSR count). The summed E-state index contributed by atoms with van der Waals surface area (Å²) in [5.41, 5.74) is 4.46. The zero-order chi connectivity index (χ0) is 22.9. The molecule has 5 fully saturated rings. The number of primary amides is 1. The van der Waals surface area contributed by atoms with Crippen molar-refractivity contribution in [2.75, 3.05) is 0 Å². The molecule has 7 nitrogen and oxygen atoms in total. The van der Waals surface area contributed by atoms with Crippen molar-refractivity contribution in [1.82, 2.24) is 10.0 Å². The predicted octanol–water partition coefficient (Wildman–Crippen LogP) is 2.13. The van der Waals surface area contributed by atoms with Crippen LogP contribution < -0.4 is 15.8 Å². The second-order valence-electron chi connectivity index (χ2n) is 10.6. The summed E-state index contributed by atoms with van der Waals surface area (Å²) in [5, 5.41) is 3.16. The fourth-order valence-corrected chi connectivity index (χ4v) is 8.25. The van der Waals surface area contributed by atoms with E-state index in [0.29, 0.717) is 37.2 Å². The first-order valence-corrected chi connectivity index (χ1v) is 12.9. The van der Waals surface area contributed by atoms with Gasteiger partial charge in [0, 0.05) is 11.5 Å². The smallest absolute Gasteiger partial charge is 0.241 e. The normalized spacial score (nSPS) is 34.7. The highest BCUT2D eigenvalue weighted by Gasteiger charge is 2.59. The van der Waals surface area contributed by atoms with Crippen molar-refractivity contribution in [3.05, 3.63) is 29.6 Å². The molecular weight excluding hydrogens is 433 g/mol. The zero-order valence-corrected chi connectivity index (χ0v) is 19.0. The van der Waals surface area contributed by atoms with Crippen LogP contribution in [0.3, 0.4) is 0 Å². The number of benzene rings is 1. The number of hydrogen-bond acceptors (Lipinski definition) is 4. The van der Waals surface area contributed by atoms with Gasteiger partial charge in [0.2, 0.25) is 21.8 Å². The van der Waals surface area contributed by atoms with Crippen LogP contribution in [-0.4, -0.2) is 31.8 Å². The van der Waals surface area contributed by atoms with Crippen LogP contribution in [0.25, 0.3) is 0 Å². The molecule has 0 aromatic heterocycles. The maximum Gasteiger partial charge on any atom is 0.241 e. The molecule has 4 bridgehead atoms. The van der Waals surface area contributed by atoms with Crippen molar-refractivity contribution in [1.29, 1.82) is 0 Å². The molecule has 5 aliphatic rings. The Morgan fingerprint density at radius 3 is 2.31 bits per heavy atom. The van der Waals surface area contributed by atoms with Gasteiger partial charge in [0.05, 0.1) is 4.90 Å². The molecular formula is C23H30FN3O4S. The van der Waals surface area contributed by atoms with Crippen molar-refractivity contribution in [2.45, 2.75) is 74.8 Å². The molecule has 0 saturated heterocycles. The molecule has 2 amide bonds. The van der Waals surface area contributed by atoms with Crippen LogP contribution in [-0.2, 0) is 19.6 Å². The molecule has 0 radical (unpaired) electrons. The van der Waals surface area contributed by atoms with E-state index < -0.39 is 26.8 Å². The fourth-order valence-electron chi connectivity index (χ4n) is 6.81. The lowest BCUT2D eigenvalue weighted by Gasteiger charge is -2.59. The van der Waals surface area contributed by atoms with E-state index in [4.69, 9.17) is 5.73 Å². The molecule has 32 heavy (non-hydrogen) atoms. The Labute approximate surface area is 187 Å². The number of aryl methyl sites for hydroxylation is 1. The standard InChI is InChI=1S/C23H30FN3O4S/c1-13-3-4-17(9-18(13)24)32(30,31)27-23(5-2-6-23)21(29)26-19-15-7-14-8-16(19)12-22(10-14,11-15)20(25)28/h3-4,9,14-16,19,27H,2,5-8,10-12H2,1H3,(H2,25,28)(H,26,29).